The number of anilines is 1. The van der Waals surface area contributed by atoms with E-state index in [2.05, 4.69) is 4.99 Å². The van der Waals surface area contributed by atoms with E-state index in [1.807, 2.05) is 40.3 Å². The molecule has 2 aromatic carbocycles. The van der Waals surface area contributed by atoms with Crippen molar-refractivity contribution in [3.05, 3.63) is 77.1 Å². The molecule has 2 aromatic rings. The summed E-state index contributed by atoms with van der Waals surface area (Å²) in [5.74, 6) is 0.671. The summed E-state index contributed by atoms with van der Waals surface area (Å²) in [5, 5.41) is 0. The summed E-state index contributed by atoms with van der Waals surface area (Å²) >= 11 is 0. The number of halogens is 1. The van der Waals surface area contributed by atoms with Crippen molar-refractivity contribution in [3.63, 3.8) is 0 Å². The number of hydrogen-bond donors (Lipinski definition) is 1. The molecule has 3 heterocycles. The molecule has 2 N–H and O–H groups in total. The van der Waals surface area contributed by atoms with Crippen LogP contribution in [0.25, 0.3) is 0 Å². The molecule has 1 amide bonds. The standard InChI is InChI=1S/C25H26FN5O4S/c1-3-18-19(5-7-21(24(18)26)36(2,33)34)25(32)29-10-11-35-20-6-4-17(12-16(20)13-29)30-9-8-23-28-22(27)14-31(23)15-30/h4-9,12,14H,3,10-11,13,15,27H2,1-2H3/q+1. The van der Waals surface area contributed by atoms with Crippen LogP contribution in [0.15, 0.2) is 64.5 Å². The first kappa shape index (κ1) is 24.0. The van der Waals surface area contributed by atoms with Crippen LogP contribution in [0.1, 0.15) is 28.4 Å². The quantitative estimate of drug-likeness (QED) is 0.632. The highest BCUT2D eigenvalue weighted by Gasteiger charge is 2.33. The highest BCUT2D eigenvalue weighted by Crippen LogP contribution is 2.31. The van der Waals surface area contributed by atoms with Gasteiger partial charge in [-0.2, -0.15) is 4.99 Å². The van der Waals surface area contributed by atoms with Crippen molar-refractivity contribution in [2.45, 2.75) is 24.8 Å². The number of carbonyl (C=O) groups is 1. The molecule has 0 unspecified atom stereocenters. The minimum absolute atomic E-state index is 0.0935. The molecule has 36 heavy (non-hydrogen) atoms. The van der Waals surface area contributed by atoms with Gasteiger partial charge in [-0.3, -0.25) is 9.69 Å². The lowest BCUT2D eigenvalue weighted by atomic mass is 10.0. The lowest BCUT2D eigenvalue weighted by molar-refractivity contribution is 0.0731. The fourth-order valence-electron chi connectivity index (χ4n) is 4.57. The van der Waals surface area contributed by atoms with Crippen LogP contribution < -0.4 is 20.3 Å². The zero-order valence-corrected chi connectivity index (χ0v) is 20.8. The summed E-state index contributed by atoms with van der Waals surface area (Å²) < 4.78 is 44.8. The van der Waals surface area contributed by atoms with Crippen LogP contribution in [0.4, 0.5) is 10.1 Å². The van der Waals surface area contributed by atoms with Crippen molar-refractivity contribution in [1.82, 2.24) is 9.80 Å². The Balaban J connectivity index is 1.43. The average molecular weight is 512 g/mol. The Morgan fingerprint density at radius 1 is 1.28 bits per heavy atom. The van der Waals surface area contributed by atoms with Crippen molar-refractivity contribution in [2.24, 2.45) is 10.7 Å². The number of amides is 1. The SMILES string of the molecule is CCc1c(C(=O)N2CCOc3ccc(N4C=CC5=NC(N)=C[N+]5C4)cc3C2)ccc(S(C)(=O)=O)c1F. The average Bonchev–Trinajstić information content (AvgIpc) is 3.08. The molecule has 0 spiro atoms. The summed E-state index contributed by atoms with van der Waals surface area (Å²) in [6.45, 7) is 3.08. The van der Waals surface area contributed by atoms with Gasteiger partial charge < -0.3 is 15.4 Å². The largest absolute Gasteiger partial charge is 0.491 e. The molecule has 0 atom stereocenters. The van der Waals surface area contributed by atoms with E-state index >= 15 is 4.39 Å². The fraction of sp³-hybridized carbons (Fsp3) is 0.280. The number of hydrogen-bond acceptors (Lipinski definition) is 8. The molecule has 0 fully saturated rings. The summed E-state index contributed by atoms with van der Waals surface area (Å²) in [5.41, 5.74) is 7.78. The van der Waals surface area contributed by atoms with Crippen LogP contribution in [0, 0.1) is 5.82 Å². The Morgan fingerprint density at radius 2 is 2.08 bits per heavy atom. The van der Waals surface area contributed by atoms with Gasteiger partial charge in [0.25, 0.3) is 11.7 Å². The maximum absolute atomic E-state index is 15.0. The van der Waals surface area contributed by atoms with Gasteiger partial charge in [0.05, 0.1) is 6.54 Å². The third-order valence-corrected chi connectivity index (χ3v) is 7.48. The number of benzene rings is 2. The zero-order chi connectivity index (χ0) is 25.6. The van der Waals surface area contributed by atoms with Crippen LogP contribution >= 0.6 is 0 Å². The Bertz CT molecular complexity index is 1450. The number of aliphatic imine (C=N–C) groups is 1. The van der Waals surface area contributed by atoms with Gasteiger partial charge in [-0.1, -0.05) is 11.8 Å². The minimum atomic E-state index is -3.75. The van der Waals surface area contributed by atoms with Gasteiger partial charge in [-0.05, 0) is 36.8 Å². The monoisotopic (exact) mass is 511 g/mol. The number of sulfone groups is 1. The van der Waals surface area contributed by atoms with E-state index in [1.165, 1.54) is 6.07 Å². The number of carbonyl (C=O) groups excluding carboxylic acids is 1. The lowest BCUT2D eigenvalue weighted by Crippen LogP contribution is -2.41. The smallest absolute Gasteiger partial charge is 0.286 e. The van der Waals surface area contributed by atoms with Crippen LogP contribution in [0.2, 0.25) is 0 Å². The van der Waals surface area contributed by atoms with Crippen molar-refractivity contribution in [2.75, 3.05) is 31.0 Å². The van der Waals surface area contributed by atoms with E-state index < -0.39 is 20.5 Å². The van der Waals surface area contributed by atoms with Gasteiger partial charge in [-0.15, -0.1) is 0 Å². The second kappa shape index (κ2) is 9.07. The van der Waals surface area contributed by atoms with Crippen molar-refractivity contribution < 1.29 is 22.3 Å². The first-order valence-electron chi connectivity index (χ1n) is 11.5. The fourth-order valence-corrected chi connectivity index (χ4v) is 5.33. The van der Waals surface area contributed by atoms with E-state index in [4.69, 9.17) is 10.5 Å². The molecule has 3 aliphatic heterocycles. The van der Waals surface area contributed by atoms with Crippen LogP contribution in [-0.2, 0) is 22.8 Å². The van der Waals surface area contributed by atoms with E-state index in [0.29, 0.717) is 24.8 Å². The van der Waals surface area contributed by atoms with Crippen LogP contribution in [0.5, 0.6) is 5.75 Å². The molecule has 187 valence electrons. The lowest BCUT2D eigenvalue weighted by Gasteiger charge is -2.24. The van der Waals surface area contributed by atoms with Crippen molar-refractivity contribution in [3.8, 4) is 5.75 Å². The molecule has 5 rings (SSSR count). The molecule has 3 aliphatic rings. The van der Waals surface area contributed by atoms with Gasteiger partial charge in [-0.25, -0.2) is 12.8 Å². The number of rotatable bonds is 4. The number of nitrogens with zero attached hydrogens (tertiary/aromatic N) is 4. The van der Waals surface area contributed by atoms with E-state index in [9.17, 15) is 13.2 Å². The third-order valence-electron chi connectivity index (χ3n) is 6.37. The molecular formula is C25H26FN5O4S+. The summed E-state index contributed by atoms with van der Waals surface area (Å²) in [7, 11) is -3.75. The zero-order valence-electron chi connectivity index (χ0n) is 19.9. The molecule has 0 aliphatic carbocycles. The van der Waals surface area contributed by atoms with E-state index in [-0.39, 0.29) is 36.6 Å². The molecule has 0 aromatic heterocycles. The minimum Gasteiger partial charge on any atom is -0.491 e. The van der Waals surface area contributed by atoms with Gasteiger partial charge in [0.15, 0.2) is 21.9 Å². The number of fused-ring (bicyclic) bond motifs is 2. The molecule has 0 bridgehead atoms. The molecule has 1 radical (unpaired) electrons. The third kappa shape index (κ3) is 4.35. The number of ether oxygens (including phenoxy) is 1. The summed E-state index contributed by atoms with van der Waals surface area (Å²) in [6.07, 6.45) is 6.71. The first-order valence-corrected chi connectivity index (χ1v) is 13.4. The summed E-state index contributed by atoms with van der Waals surface area (Å²) in [4.78, 5) is 22.9. The molecular weight excluding hydrogens is 485 g/mol. The second-order valence-electron chi connectivity index (χ2n) is 8.82. The Kier molecular flexibility index (Phi) is 6.05. The molecule has 9 nitrogen and oxygen atoms in total. The predicted molar refractivity (Wildman–Crippen MR) is 134 cm³/mol. The Hall–Kier alpha value is -3.70. The predicted octanol–water partition coefficient (Wildman–Crippen LogP) is 2.43. The first-order chi connectivity index (χ1) is 17.2. The Morgan fingerprint density at radius 3 is 2.83 bits per heavy atom. The van der Waals surface area contributed by atoms with Crippen molar-refractivity contribution >= 4 is 27.3 Å². The molecule has 0 saturated carbocycles. The van der Waals surface area contributed by atoms with E-state index in [1.54, 1.807) is 18.0 Å². The van der Waals surface area contributed by atoms with Gasteiger partial charge >= 0.3 is 0 Å². The van der Waals surface area contributed by atoms with E-state index in [0.717, 1.165) is 29.4 Å². The molecule has 11 heteroatoms. The van der Waals surface area contributed by atoms with Gasteiger partial charge in [0.1, 0.15) is 23.1 Å². The highest BCUT2D eigenvalue weighted by molar-refractivity contribution is 7.90. The van der Waals surface area contributed by atoms with Gasteiger partial charge in [0, 0.05) is 47.5 Å². The van der Waals surface area contributed by atoms with Crippen LogP contribution in [0.3, 0.4) is 0 Å². The van der Waals surface area contributed by atoms with Crippen LogP contribution in [-0.4, -0.2) is 51.1 Å². The normalized spacial score (nSPS) is 17.6. The topological polar surface area (TPSA) is 111 Å². The maximum atomic E-state index is 15.0. The summed E-state index contributed by atoms with van der Waals surface area (Å²) in [6, 6.07) is 8.35. The van der Waals surface area contributed by atoms with Crippen molar-refractivity contribution in [1.29, 1.82) is 0 Å². The number of amidine groups is 1. The number of nitrogens with two attached hydrogens (primary N) is 1. The van der Waals surface area contributed by atoms with Gasteiger partial charge in [0.2, 0.25) is 6.67 Å². The Labute approximate surface area is 208 Å². The highest BCUT2D eigenvalue weighted by atomic mass is 32.2. The molecule has 0 saturated heterocycles. The second-order valence-corrected chi connectivity index (χ2v) is 10.8. The maximum Gasteiger partial charge on any atom is 0.286 e.